The van der Waals surface area contributed by atoms with Crippen molar-refractivity contribution in [2.24, 2.45) is 0 Å². The highest BCUT2D eigenvalue weighted by Crippen LogP contribution is 2.41. The van der Waals surface area contributed by atoms with Gasteiger partial charge in [0.1, 0.15) is 9.79 Å². The Bertz CT molecular complexity index is 2180. The minimum Gasteiger partial charge on any atom is -0.478 e. The highest BCUT2D eigenvalue weighted by molar-refractivity contribution is 7.86. The van der Waals surface area contributed by atoms with Crippen LogP contribution in [0.15, 0.2) is 46.2 Å². The third kappa shape index (κ3) is 4.21. The molecule has 0 saturated carbocycles. The predicted octanol–water partition coefficient (Wildman–Crippen LogP) is 3.85. The van der Waals surface area contributed by atoms with Gasteiger partial charge < -0.3 is 14.9 Å². The molecular weight excluding hydrogens is 608 g/mol. The molecule has 0 amide bonds. The van der Waals surface area contributed by atoms with Crippen molar-refractivity contribution in [3.05, 3.63) is 80.9 Å². The molecule has 0 aromatic heterocycles. The molecule has 0 aliphatic heterocycles. The van der Waals surface area contributed by atoms with Gasteiger partial charge in [0.2, 0.25) is 0 Å². The summed E-state index contributed by atoms with van der Waals surface area (Å²) in [6.45, 7) is 0. The Morgan fingerprint density at radius 3 is 1.23 bits per heavy atom. The number of aromatic carboxylic acids is 2. The normalized spacial score (nSPS) is 13.2. The number of ether oxygens (including phenoxy) is 1. The highest BCUT2D eigenvalue weighted by Gasteiger charge is 2.33. The first-order chi connectivity index (χ1) is 20.1. The molecule has 2 aliphatic carbocycles. The topological polar surface area (TPSA) is 227 Å². The number of carboxylic acids is 2. The molecule has 2 aliphatic rings. The van der Waals surface area contributed by atoms with Crippen molar-refractivity contribution in [1.29, 1.82) is 0 Å². The van der Waals surface area contributed by atoms with Gasteiger partial charge in [-0.15, -0.1) is 0 Å². The van der Waals surface area contributed by atoms with Crippen LogP contribution >= 0.6 is 0 Å². The maximum Gasteiger partial charge on any atom is 0.346 e. The van der Waals surface area contributed by atoms with Crippen LogP contribution in [0.2, 0.25) is 0 Å². The van der Waals surface area contributed by atoms with Crippen LogP contribution in [0.3, 0.4) is 0 Å². The van der Waals surface area contributed by atoms with Crippen molar-refractivity contribution >= 4 is 90.0 Å². The largest absolute Gasteiger partial charge is 0.478 e. The molecule has 4 aromatic rings. The fourth-order valence-corrected chi connectivity index (χ4v) is 6.87. The van der Waals surface area contributed by atoms with E-state index in [0.29, 0.717) is 23.3 Å². The Labute approximate surface area is 240 Å². The maximum atomic E-state index is 13.5. The molecule has 6 rings (SSSR count). The van der Waals surface area contributed by atoms with E-state index in [1.165, 1.54) is 36.4 Å². The average molecular weight is 623 g/mol. The summed E-state index contributed by atoms with van der Waals surface area (Å²) in [6.07, 6.45) is 5.42. The van der Waals surface area contributed by atoms with E-state index in [2.05, 4.69) is 0 Å². The van der Waals surface area contributed by atoms with Gasteiger partial charge in [-0.1, -0.05) is 36.4 Å². The van der Waals surface area contributed by atoms with Crippen LogP contribution < -0.4 is 0 Å². The molecule has 0 radical (unpaired) electrons. The fourth-order valence-electron chi connectivity index (χ4n) is 5.44. The van der Waals surface area contributed by atoms with E-state index in [9.17, 15) is 55.3 Å². The second kappa shape index (κ2) is 9.14. The molecule has 0 heterocycles. The SMILES string of the molecule is O=C(O)c1ccc2c3c(c(S(=O)(=O)O)cc(C(=O)OC(=O)c4cc(S(=O)(=O)O)c5c6c(ccc(C(=O)O)c46)C=C5)c13)C=C2. The third-order valence-corrected chi connectivity index (χ3v) is 8.92. The smallest absolute Gasteiger partial charge is 0.346 e. The van der Waals surface area contributed by atoms with Gasteiger partial charge in [-0.3, -0.25) is 9.11 Å². The molecular formula is C28H14O13S2. The van der Waals surface area contributed by atoms with E-state index in [1.54, 1.807) is 0 Å². The van der Waals surface area contributed by atoms with Gasteiger partial charge in [-0.2, -0.15) is 16.8 Å². The van der Waals surface area contributed by atoms with Gasteiger partial charge in [-0.05, 0) is 46.2 Å². The highest BCUT2D eigenvalue weighted by atomic mass is 32.2. The zero-order chi connectivity index (χ0) is 31.2. The van der Waals surface area contributed by atoms with Crippen molar-refractivity contribution in [3.63, 3.8) is 0 Å². The lowest BCUT2D eigenvalue weighted by atomic mass is 9.94. The van der Waals surface area contributed by atoms with Crippen LogP contribution in [-0.2, 0) is 25.0 Å². The lowest BCUT2D eigenvalue weighted by Gasteiger charge is -2.15. The minimum absolute atomic E-state index is 0.0346. The number of hydrogen-bond acceptors (Lipinski definition) is 9. The second-order valence-corrected chi connectivity index (χ2v) is 12.3. The zero-order valence-electron chi connectivity index (χ0n) is 21.1. The average Bonchev–Trinajstić information content (AvgIpc) is 3.54. The molecule has 15 heteroatoms. The predicted molar refractivity (Wildman–Crippen MR) is 149 cm³/mol. The summed E-state index contributed by atoms with van der Waals surface area (Å²) in [4.78, 5) is 49.5. The van der Waals surface area contributed by atoms with Crippen LogP contribution in [0, 0.1) is 0 Å². The molecule has 0 spiro atoms. The van der Waals surface area contributed by atoms with E-state index < -0.39 is 76.2 Å². The lowest BCUT2D eigenvalue weighted by Crippen LogP contribution is -2.17. The number of benzene rings is 4. The minimum atomic E-state index is -5.00. The summed E-state index contributed by atoms with van der Waals surface area (Å²) < 4.78 is 73.5. The summed E-state index contributed by atoms with van der Waals surface area (Å²) >= 11 is 0. The first-order valence-electron chi connectivity index (χ1n) is 11.9. The Morgan fingerprint density at radius 1 is 0.535 bits per heavy atom. The number of carbonyl (C=O) groups excluding carboxylic acids is 2. The summed E-state index contributed by atoms with van der Waals surface area (Å²) in [5.41, 5.74) is -2.06. The van der Waals surface area contributed by atoms with Crippen LogP contribution in [0.5, 0.6) is 0 Å². The second-order valence-electron chi connectivity index (χ2n) is 9.48. The molecule has 0 atom stereocenters. The number of carbonyl (C=O) groups is 4. The van der Waals surface area contributed by atoms with Gasteiger partial charge in [0, 0.05) is 21.9 Å². The summed E-state index contributed by atoms with van der Waals surface area (Å²) in [5, 5.41) is 18.9. The van der Waals surface area contributed by atoms with Crippen molar-refractivity contribution in [2.75, 3.05) is 0 Å². The van der Waals surface area contributed by atoms with Crippen molar-refractivity contribution < 1.29 is 60.1 Å². The third-order valence-electron chi connectivity index (χ3n) is 7.14. The Morgan fingerprint density at radius 2 is 0.907 bits per heavy atom. The maximum absolute atomic E-state index is 13.5. The lowest BCUT2D eigenvalue weighted by molar-refractivity contribution is 0.0400. The Balaban J connectivity index is 1.59. The first kappa shape index (κ1) is 27.9. The van der Waals surface area contributed by atoms with Crippen molar-refractivity contribution in [3.8, 4) is 0 Å². The molecule has 0 unspecified atom stereocenters. The molecule has 4 aromatic carbocycles. The summed E-state index contributed by atoms with van der Waals surface area (Å²) in [6, 6.07) is 6.24. The monoisotopic (exact) mass is 622 g/mol. The number of hydrogen-bond donors (Lipinski definition) is 4. The standard InChI is InChI=1S/C28H14O13S2/c29-25(30)15-7-3-11-1-5-13-19(42(35,36)37)9-17(23(15)21(11)13)27(33)41-28(34)18-10-20(43(38,39)40)14-6-2-12-4-8-16(26(31)32)24(18)22(12)14/h1-10H,(H,29,30)(H,31,32)(H,35,36,37)(H,38,39,40). The van der Waals surface area contributed by atoms with E-state index in [1.807, 2.05) is 0 Å². The number of esters is 2. The van der Waals surface area contributed by atoms with Gasteiger partial charge in [0.15, 0.2) is 0 Å². The molecule has 0 saturated heterocycles. The summed E-state index contributed by atoms with van der Waals surface area (Å²) in [7, 11) is -10.0. The van der Waals surface area contributed by atoms with E-state index in [4.69, 9.17) is 4.74 Å². The van der Waals surface area contributed by atoms with Gasteiger partial charge >= 0.3 is 23.9 Å². The zero-order valence-corrected chi connectivity index (χ0v) is 22.7. The number of carboxylic acid groups (broad SMARTS) is 2. The summed E-state index contributed by atoms with van der Waals surface area (Å²) in [5.74, 6) is -6.24. The van der Waals surface area contributed by atoms with Crippen LogP contribution in [0.1, 0.15) is 63.7 Å². The van der Waals surface area contributed by atoms with Crippen molar-refractivity contribution in [1.82, 2.24) is 0 Å². The van der Waals surface area contributed by atoms with Crippen LogP contribution in [0.4, 0.5) is 0 Å². The van der Waals surface area contributed by atoms with Crippen LogP contribution in [-0.4, -0.2) is 60.0 Å². The van der Waals surface area contributed by atoms with Crippen LogP contribution in [0.25, 0.3) is 45.8 Å². The fraction of sp³-hybridized carbons (Fsp3) is 0. The van der Waals surface area contributed by atoms with Gasteiger partial charge in [0.25, 0.3) is 20.2 Å². The first-order valence-corrected chi connectivity index (χ1v) is 14.8. The Kier molecular flexibility index (Phi) is 5.94. The molecule has 4 N–H and O–H groups in total. The quantitative estimate of drug-likeness (QED) is 0.118. The van der Waals surface area contributed by atoms with E-state index in [0.717, 1.165) is 12.1 Å². The van der Waals surface area contributed by atoms with Gasteiger partial charge in [0.05, 0.1) is 22.3 Å². The Hall–Kier alpha value is -5.22. The van der Waals surface area contributed by atoms with E-state index >= 15 is 0 Å². The van der Waals surface area contributed by atoms with E-state index in [-0.39, 0.29) is 32.7 Å². The molecule has 13 nitrogen and oxygen atoms in total. The number of rotatable bonds is 6. The van der Waals surface area contributed by atoms with Crippen molar-refractivity contribution in [2.45, 2.75) is 9.79 Å². The molecule has 0 bridgehead atoms. The van der Waals surface area contributed by atoms with Gasteiger partial charge in [-0.25, -0.2) is 19.2 Å². The molecule has 0 fully saturated rings. The molecule has 43 heavy (non-hydrogen) atoms. The molecule has 216 valence electrons.